The summed E-state index contributed by atoms with van der Waals surface area (Å²) in [6.07, 6.45) is 0.717. The quantitative estimate of drug-likeness (QED) is 0.531. The number of hydrogen-bond acceptors (Lipinski definition) is 6. The fourth-order valence-electron chi connectivity index (χ4n) is 2.95. The third kappa shape index (κ3) is 5.16. The van der Waals surface area contributed by atoms with Crippen LogP contribution in [0.25, 0.3) is 0 Å². The van der Waals surface area contributed by atoms with E-state index in [9.17, 15) is 23.3 Å². The highest BCUT2D eigenvalue weighted by Crippen LogP contribution is 2.31. The van der Waals surface area contributed by atoms with E-state index in [4.69, 9.17) is 16.3 Å². The van der Waals surface area contributed by atoms with Gasteiger partial charge in [-0.1, -0.05) is 11.6 Å². The second kappa shape index (κ2) is 8.96. The zero-order valence-electron chi connectivity index (χ0n) is 15.1. The molecular weight excluding hydrogens is 398 g/mol. The second-order valence-corrected chi connectivity index (χ2v) is 8.73. The van der Waals surface area contributed by atoms with E-state index in [1.807, 2.05) is 6.92 Å². The molecule has 1 aliphatic heterocycles. The minimum atomic E-state index is -3.98. The summed E-state index contributed by atoms with van der Waals surface area (Å²) in [5, 5.41) is 13.7. The van der Waals surface area contributed by atoms with Gasteiger partial charge in [0.2, 0.25) is 15.9 Å². The number of benzene rings is 1. The first-order valence-electron chi connectivity index (χ1n) is 8.40. The SMILES string of the molecule is COC[C@H](C)NC(=O)C1CCN(S(=O)(=O)c2cc([N+](=O)[O-])ccc2Cl)CC1. The molecule has 0 unspecified atom stereocenters. The molecule has 2 rings (SSSR count). The van der Waals surface area contributed by atoms with Gasteiger partial charge in [-0.15, -0.1) is 0 Å². The van der Waals surface area contributed by atoms with Gasteiger partial charge in [0.15, 0.2) is 0 Å². The molecule has 0 bridgehead atoms. The Labute approximate surface area is 162 Å². The molecule has 0 saturated carbocycles. The van der Waals surface area contributed by atoms with Gasteiger partial charge in [-0.2, -0.15) is 4.31 Å². The van der Waals surface area contributed by atoms with Crippen molar-refractivity contribution in [1.82, 2.24) is 9.62 Å². The van der Waals surface area contributed by atoms with Crippen LogP contribution < -0.4 is 5.32 Å². The maximum absolute atomic E-state index is 12.8. The molecule has 0 aliphatic carbocycles. The molecule has 1 aromatic carbocycles. The fraction of sp³-hybridized carbons (Fsp3) is 0.562. The number of methoxy groups -OCH3 is 1. The first-order valence-corrected chi connectivity index (χ1v) is 10.2. The van der Waals surface area contributed by atoms with Crippen LogP contribution in [0.4, 0.5) is 5.69 Å². The van der Waals surface area contributed by atoms with Crippen LogP contribution in [-0.4, -0.2) is 56.4 Å². The van der Waals surface area contributed by atoms with Crippen molar-refractivity contribution in [3.8, 4) is 0 Å². The number of ether oxygens (including phenoxy) is 1. The molecule has 0 radical (unpaired) electrons. The Hall–Kier alpha value is -1.75. The van der Waals surface area contributed by atoms with Gasteiger partial charge in [0.25, 0.3) is 5.69 Å². The maximum atomic E-state index is 12.8. The van der Waals surface area contributed by atoms with Crippen LogP contribution in [0.3, 0.4) is 0 Å². The first kappa shape index (κ1) is 21.5. The van der Waals surface area contributed by atoms with Gasteiger partial charge in [0.1, 0.15) is 4.90 Å². The number of sulfonamides is 1. The fourth-order valence-corrected chi connectivity index (χ4v) is 4.92. The lowest BCUT2D eigenvalue weighted by atomic mass is 9.97. The van der Waals surface area contributed by atoms with Crippen molar-refractivity contribution in [3.63, 3.8) is 0 Å². The normalized spacial score (nSPS) is 17.4. The standard InChI is InChI=1S/C16H22ClN3O6S/c1-11(10-26-2)18-16(21)12-5-7-19(8-6-12)27(24,25)15-9-13(20(22)23)3-4-14(15)17/h3-4,9,11-12H,5-8,10H2,1-2H3,(H,18,21)/t11-/m0/s1. The lowest BCUT2D eigenvalue weighted by molar-refractivity contribution is -0.385. The molecule has 1 aliphatic rings. The first-order chi connectivity index (χ1) is 12.7. The van der Waals surface area contributed by atoms with E-state index < -0.39 is 14.9 Å². The molecule has 150 valence electrons. The minimum Gasteiger partial charge on any atom is -0.383 e. The maximum Gasteiger partial charge on any atom is 0.270 e. The zero-order valence-corrected chi connectivity index (χ0v) is 16.6. The summed E-state index contributed by atoms with van der Waals surface area (Å²) in [6, 6.07) is 3.18. The van der Waals surface area contributed by atoms with Crippen LogP contribution in [0.5, 0.6) is 0 Å². The number of carbonyl (C=O) groups is 1. The largest absolute Gasteiger partial charge is 0.383 e. The number of nitrogens with zero attached hydrogens (tertiary/aromatic N) is 2. The van der Waals surface area contributed by atoms with E-state index in [-0.39, 0.29) is 46.6 Å². The third-order valence-corrected chi connectivity index (χ3v) is 6.75. The summed E-state index contributed by atoms with van der Waals surface area (Å²) < 4.78 is 31.8. The number of carbonyl (C=O) groups excluding carboxylic acids is 1. The number of amides is 1. The molecule has 1 amide bonds. The molecule has 1 fully saturated rings. The predicted octanol–water partition coefficient (Wildman–Crippen LogP) is 1.80. The van der Waals surface area contributed by atoms with Gasteiger partial charge >= 0.3 is 0 Å². The smallest absolute Gasteiger partial charge is 0.270 e. The molecule has 1 saturated heterocycles. The summed E-state index contributed by atoms with van der Waals surface area (Å²) in [4.78, 5) is 22.2. The predicted molar refractivity (Wildman–Crippen MR) is 99.1 cm³/mol. The molecular formula is C16H22ClN3O6S. The summed E-state index contributed by atoms with van der Waals surface area (Å²) >= 11 is 5.97. The van der Waals surface area contributed by atoms with Gasteiger partial charge in [-0.25, -0.2) is 8.42 Å². The van der Waals surface area contributed by atoms with Gasteiger partial charge in [0.05, 0.1) is 16.6 Å². The van der Waals surface area contributed by atoms with E-state index in [1.165, 1.54) is 10.4 Å². The van der Waals surface area contributed by atoms with Crippen molar-refractivity contribution in [2.24, 2.45) is 5.92 Å². The second-order valence-electron chi connectivity index (χ2n) is 6.42. The lowest BCUT2D eigenvalue weighted by Crippen LogP contribution is -2.45. The number of piperidine rings is 1. The van der Waals surface area contributed by atoms with Crippen LogP contribution in [0.2, 0.25) is 5.02 Å². The van der Waals surface area contributed by atoms with Crippen molar-refractivity contribution in [2.75, 3.05) is 26.8 Å². The van der Waals surface area contributed by atoms with Crippen molar-refractivity contribution in [2.45, 2.75) is 30.7 Å². The Kier molecular flexibility index (Phi) is 7.15. The molecule has 27 heavy (non-hydrogen) atoms. The summed E-state index contributed by atoms with van der Waals surface area (Å²) in [5.74, 6) is -0.429. The number of nitro benzene ring substituents is 1. The Balaban J connectivity index is 2.08. The summed E-state index contributed by atoms with van der Waals surface area (Å²) in [7, 11) is -2.44. The minimum absolute atomic E-state index is 0.0751. The van der Waals surface area contributed by atoms with E-state index in [0.717, 1.165) is 12.1 Å². The topological polar surface area (TPSA) is 119 Å². The van der Waals surface area contributed by atoms with Crippen molar-refractivity contribution < 1.29 is 22.9 Å². The molecule has 0 spiro atoms. The number of hydrogen-bond donors (Lipinski definition) is 1. The van der Waals surface area contributed by atoms with Crippen LogP contribution in [0.1, 0.15) is 19.8 Å². The van der Waals surface area contributed by atoms with Crippen molar-refractivity contribution in [3.05, 3.63) is 33.3 Å². The zero-order chi connectivity index (χ0) is 20.2. The van der Waals surface area contributed by atoms with Gasteiger partial charge in [0, 0.05) is 44.3 Å². The highest BCUT2D eigenvalue weighted by atomic mass is 35.5. The third-order valence-electron chi connectivity index (χ3n) is 4.37. The van der Waals surface area contributed by atoms with Gasteiger partial charge < -0.3 is 10.1 Å². The average molecular weight is 420 g/mol. The molecule has 1 atom stereocenters. The van der Waals surface area contributed by atoms with Gasteiger partial charge in [-0.05, 0) is 25.8 Å². The van der Waals surface area contributed by atoms with Crippen LogP contribution in [-0.2, 0) is 19.6 Å². The lowest BCUT2D eigenvalue weighted by Gasteiger charge is -2.31. The van der Waals surface area contributed by atoms with E-state index >= 15 is 0 Å². The highest BCUT2D eigenvalue weighted by Gasteiger charge is 2.34. The monoisotopic (exact) mass is 419 g/mol. The highest BCUT2D eigenvalue weighted by molar-refractivity contribution is 7.89. The Morgan fingerprint density at radius 1 is 1.44 bits per heavy atom. The van der Waals surface area contributed by atoms with E-state index in [0.29, 0.717) is 19.4 Å². The number of rotatable bonds is 7. The van der Waals surface area contributed by atoms with Crippen molar-refractivity contribution in [1.29, 1.82) is 0 Å². The average Bonchev–Trinajstić information content (AvgIpc) is 2.62. The summed E-state index contributed by atoms with van der Waals surface area (Å²) in [6.45, 7) is 2.49. The molecule has 1 N–H and O–H groups in total. The Morgan fingerprint density at radius 2 is 2.07 bits per heavy atom. The van der Waals surface area contributed by atoms with E-state index in [1.54, 1.807) is 7.11 Å². The number of halogens is 1. The Morgan fingerprint density at radius 3 is 2.63 bits per heavy atom. The molecule has 11 heteroatoms. The van der Waals surface area contributed by atoms with Crippen molar-refractivity contribution >= 4 is 33.2 Å². The van der Waals surface area contributed by atoms with Crippen LogP contribution >= 0.6 is 11.6 Å². The molecule has 1 aromatic rings. The van der Waals surface area contributed by atoms with Crippen LogP contribution in [0.15, 0.2) is 23.1 Å². The molecule has 1 heterocycles. The van der Waals surface area contributed by atoms with Crippen LogP contribution in [0, 0.1) is 16.0 Å². The Bertz CT molecular complexity index is 808. The van der Waals surface area contributed by atoms with Gasteiger partial charge in [-0.3, -0.25) is 14.9 Å². The number of non-ortho nitro benzene ring substituents is 1. The molecule has 0 aromatic heterocycles. The molecule has 9 nitrogen and oxygen atoms in total. The van der Waals surface area contributed by atoms with E-state index in [2.05, 4.69) is 5.32 Å². The number of nitrogens with one attached hydrogen (secondary N) is 1. The summed E-state index contributed by atoms with van der Waals surface area (Å²) in [5.41, 5.74) is -0.348. The number of nitro groups is 1.